The first-order valence-corrected chi connectivity index (χ1v) is 7.77. The van der Waals surface area contributed by atoms with Crippen molar-refractivity contribution in [2.45, 2.75) is 6.42 Å². The second-order valence-corrected chi connectivity index (χ2v) is 5.87. The first-order valence-electron chi connectivity index (χ1n) is 7.02. The maximum absolute atomic E-state index is 12.1. The fraction of sp³-hybridized carbons (Fsp3) is 0.0625. The molecule has 122 valence electrons. The van der Waals surface area contributed by atoms with Gasteiger partial charge in [0.25, 0.3) is 0 Å². The van der Waals surface area contributed by atoms with Gasteiger partial charge in [-0.1, -0.05) is 35.3 Å². The summed E-state index contributed by atoms with van der Waals surface area (Å²) < 4.78 is 0. The molecule has 0 fully saturated rings. The van der Waals surface area contributed by atoms with Gasteiger partial charge in [0.05, 0.1) is 16.9 Å². The molecule has 1 aromatic carbocycles. The Bertz CT molecular complexity index is 863. The maximum atomic E-state index is 12.1. The van der Waals surface area contributed by atoms with Crippen LogP contribution in [0.25, 0.3) is 5.57 Å². The number of amides is 2. The van der Waals surface area contributed by atoms with Gasteiger partial charge >= 0.3 is 6.03 Å². The van der Waals surface area contributed by atoms with Crippen LogP contribution in [0.3, 0.4) is 0 Å². The maximum Gasteiger partial charge on any atom is 0.323 e. The highest BCUT2D eigenvalue weighted by atomic mass is 35.5. The lowest BCUT2D eigenvalue weighted by molar-refractivity contribution is 0.262. The van der Waals surface area contributed by atoms with E-state index in [9.17, 15) is 4.79 Å². The Morgan fingerprint density at radius 2 is 1.96 bits per heavy atom. The van der Waals surface area contributed by atoms with Crippen LogP contribution in [0.15, 0.2) is 47.7 Å². The summed E-state index contributed by atoms with van der Waals surface area (Å²) in [7, 11) is 0. The molecule has 24 heavy (non-hydrogen) atoms. The van der Waals surface area contributed by atoms with Crippen LogP contribution in [0.4, 0.5) is 16.2 Å². The summed E-state index contributed by atoms with van der Waals surface area (Å²) in [6, 6.07) is 8.54. The molecule has 4 N–H and O–H groups in total. The van der Waals surface area contributed by atoms with Crippen molar-refractivity contribution in [1.29, 1.82) is 0 Å². The number of hydrogen-bond donors (Lipinski definition) is 3. The summed E-state index contributed by atoms with van der Waals surface area (Å²) in [6.45, 7) is 0. The summed E-state index contributed by atoms with van der Waals surface area (Å²) in [5, 5.41) is 5.84. The quantitative estimate of drug-likeness (QED) is 0.717. The first-order chi connectivity index (χ1) is 11.5. The fourth-order valence-electron chi connectivity index (χ4n) is 2.20. The third-order valence-electron chi connectivity index (χ3n) is 3.30. The molecule has 0 unspecified atom stereocenters. The number of anilines is 2. The monoisotopic (exact) mass is 361 g/mol. The number of benzene rings is 1. The van der Waals surface area contributed by atoms with E-state index in [0.717, 1.165) is 11.1 Å². The average molecular weight is 362 g/mol. The number of nitrogens with two attached hydrogens (primary N) is 1. The molecule has 1 aliphatic rings. The fourth-order valence-corrected chi connectivity index (χ4v) is 2.47. The molecule has 6 nitrogen and oxygen atoms in total. The van der Waals surface area contributed by atoms with Gasteiger partial charge in [-0.3, -0.25) is 0 Å². The molecule has 0 bridgehead atoms. The van der Waals surface area contributed by atoms with E-state index in [4.69, 9.17) is 28.9 Å². The number of aromatic nitrogens is 1. The van der Waals surface area contributed by atoms with Crippen molar-refractivity contribution in [1.82, 2.24) is 4.98 Å². The number of urea groups is 1. The Labute approximate surface area is 148 Å². The highest BCUT2D eigenvalue weighted by Crippen LogP contribution is 2.25. The number of halogens is 2. The van der Waals surface area contributed by atoms with E-state index in [0.29, 0.717) is 23.6 Å². The highest BCUT2D eigenvalue weighted by molar-refractivity contribution is 6.41. The normalized spacial score (nSPS) is 13.2. The van der Waals surface area contributed by atoms with Gasteiger partial charge in [-0.25, -0.2) is 14.8 Å². The second kappa shape index (κ2) is 6.90. The van der Waals surface area contributed by atoms with Gasteiger partial charge in [0, 0.05) is 18.3 Å². The van der Waals surface area contributed by atoms with E-state index in [1.807, 2.05) is 18.2 Å². The largest absolute Gasteiger partial charge is 0.387 e. The predicted octanol–water partition coefficient (Wildman–Crippen LogP) is 4.13. The Morgan fingerprint density at radius 1 is 1.17 bits per heavy atom. The lowest BCUT2D eigenvalue weighted by Crippen LogP contribution is -2.19. The Balaban J connectivity index is 1.67. The predicted molar refractivity (Wildman–Crippen MR) is 97.6 cm³/mol. The van der Waals surface area contributed by atoms with E-state index >= 15 is 0 Å². The van der Waals surface area contributed by atoms with Gasteiger partial charge in [0.15, 0.2) is 0 Å². The topological polar surface area (TPSA) is 92.4 Å². The molecule has 2 aromatic rings. The van der Waals surface area contributed by atoms with Crippen LogP contribution in [0.5, 0.6) is 0 Å². The van der Waals surface area contributed by atoms with Gasteiger partial charge in [-0.15, -0.1) is 0 Å². The number of nitrogens with one attached hydrogen (secondary N) is 2. The molecule has 8 heteroatoms. The smallest absolute Gasteiger partial charge is 0.323 e. The number of nitrogens with zero attached hydrogens (tertiary/aromatic N) is 2. The number of aliphatic imine (C=N–C) groups is 1. The van der Waals surface area contributed by atoms with E-state index in [1.54, 1.807) is 12.3 Å². The van der Waals surface area contributed by atoms with Crippen LogP contribution < -0.4 is 16.4 Å². The molecule has 2 amide bonds. The van der Waals surface area contributed by atoms with Gasteiger partial charge in [-0.05, 0) is 29.3 Å². The zero-order chi connectivity index (χ0) is 17.1. The summed E-state index contributed by atoms with van der Waals surface area (Å²) in [5.74, 6) is 0.577. The highest BCUT2D eigenvalue weighted by Gasteiger charge is 2.11. The second-order valence-electron chi connectivity index (χ2n) is 5.11. The number of hydrogen-bond acceptors (Lipinski definition) is 4. The van der Waals surface area contributed by atoms with Crippen molar-refractivity contribution in [2.75, 3.05) is 10.6 Å². The molecule has 1 aliphatic heterocycles. The molecule has 0 saturated carbocycles. The van der Waals surface area contributed by atoms with Crippen LogP contribution in [0, 0.1) is 0 Å². The molecule has 2 heterocycles. The number of carbonyl (C=O) groups excluding carboxylic acids is 1. The molecule has 3 rings (SSSR count). The number of amidine groups is 1. The first kappa shape index (κ1) is 16.3. The van der Waals surface area contributed by atoms with Crippen molar-refractivity contribution in [3.05, 3.63) is 58.5 Å². The van der Waals surface area contributed by atoms with Crippen molar-refractivity contribution in [2.24, 2.45) is 10.7 Å². The van der Waals surface area contributed by atoms with Crippen LogP contribution in [0.1, 0.15) is 12.0 Å². The Hall–Kier alpha value is -2.57. The lowest BCUT2D eigenvalue weighted by Gasteiger charge is -2.10. The standard InChI is InChI=1S/C16H13Cl2N5O/c17-13-6-12(8-21-15(13)18)23-16(24)22-11-3-1-2-9(4-11)10-5-14(19)20-7-10/h1-4,6-8H,5H2,(H2,19,20)(H2,22,23,24). The van der Waals surface area contributed by atoms with Crippen LogP contribution in [-0.2, 0) is 0 Å². The molecule has 0 saturated heterocycles. The van der Waals surface area contributed by atoms with Gasteiger partial charge in [-0.2, -0.15) is 0 Å². The van der Waals surface area contributed by atoms with Crippen molar-refractivity contribution in [3.8, 4) is 0 Å². The van der Waals surface area contributed by atoms with Crippen molar-refractivity contribution < 1.29 is 4.79 Å². The zero-order valence-electron chi connectivity index (χ0n) is 12.4. The van der Waals surface area contributed by atoms with E-state index < -0.39 is 6.03 Å². The van der Waals surface area contributed by atoms with Crippen molar-refractivity contribution >= 4 is 52.0 Å². The molecule has 0 radical (unpaired) electrons. The minimum atomic E-state index is -0.413. The van der Waals surface area contributed by atoms with E-state index in [1.165, 1.54) is 12.3 Å². The van der Waals surface area contributed by atoms with Crippen LogP contribution >= 0.6 is 23.2 Å². The number of carbonyl (C=O) groups is 1. The molecule has 1 aromatic heterocycles. The van der Waals surface area contributed by atoms with Gasteiger partial charge < -0.3 is 16.4 Å². The molecule has 0 atom stereocenters. The summed E-state index contributed by atoms with van der Waals surface area (Å²) in [4.78, 5) is 20.0. The Kier molecular flexibility index (Phi) is 4.69. The molecular formula is C16H13Cl2N5O. The number of rotatable bonds is 3. The zero-order valence-corrected chi connectivity index (χ0v) is 13.9. The summed E-state index contributed by atoms with van der Waals surface area (Å²) in [6.07, 6.45) is 3.76. The summed E-state index contributed by atoms with van der Waals surface area (Å²) in [5.41, 5.74) is 8.72. The van der Waals surface area contributed by atoms with Gasteiger partial charge in [0.1, 0.15) is 11.0 Å². The summed E-state index contributed by atoms with van der Waals surface area (Å²) >= 11 is 11.6. The molecule has 0 aliphatic carbocycles. The third-order valence-corrected chi connectivity index (χ3v) is 3.99. The average Bonchev–Trinajstić information content (AvgIpc) is 2.98. The van der Waals surface area contributed by atoms with E-state index in [2.05, 4.69) is 20.6 Å². The SMILES string of the molecule is NC1=NC=C(c2cccc(NC(=O)Nc3cnc(Cl)c(Cl)c3)c2)C1. The number of pyridine rings is 1. The molecular weight excluding hydrogens is 349 g/mol. The Morgan fingerprint density at radius 3 is 2.67 bits per heavy atom. The third kappa shape index (κ3) is 3.84. The minimum Gasteiger partial charge on any atom is -0.387 e. The van der Waals surface area contributed by atoms with Crippen molar-refractivity contribution in [3.63, 3.8) is 0 Å². The van der Waals surface area contributed by atoms with Crippen LogP contribution in [0.2, 0.25) is 10.2 Å². The van der Waals surface area contributed by atoms with E-state index in [-0.39, 0.29) is 10.2 Å². The van der Waals surface area contributed by atoms with Gasteiger partial charge in [0.2, 0.25) is 0 Å². The van der Waals surface area contributed by atoms with Crippen LogP contribution in [-0.4, -0.2) is 16.9 Å². The lowest BCUT2D eigenvalue weighted by atomic mass is 10.0. The minimum absolute atomic E-state index is 0.182. The molecule has 0 spiro atoms.